The normalized spacial score (nSPS) is 29.2. The van der Waals surface area contributed by atoms with E-state index in [9.17, 15) is 0 Å². The van der Waals surface area contributed by atoms with Crippen molar-refractivity contribution in [1.29, 1.82) is 0 Å². The molecule has 0 fully saturated rings. The van der Waals surface area contributed by atoms with Crippen LogP contribution >= 0.6 is 11.6 Å². The van der Waals surface area contributed by atoms with Gasteiger partial charge in [0.2, 0.25) is 0 Å². The summed E-state index contributed by atoms with van der Waals surface area (Å²) in [5.41, 5.74) is 0. The number of halogens is 1. The molecule has 3 heteroatoms. The van der Waals surface area contributed by atoms with Gasteiger partial charge in [0.05, 0.1) is 0 Å². The minimum atomic E-state index is -1.35. The molecule has 1 aliphatic rings. The number of hydrogen-bond donors (Lipinski definition) is 0. The first-order valence-electron chi connectivity index (χ1n) is 4.59. The van der Waals surface area contributed by atoms with Crippen LogP contribution in [0.5, 0.6) is 0 Å². The Balaban J connectivity index is 2.44. The Labute approximate surface area is 80.9 Å². The van der Waals surface area contributed by atoms with E-state index in [-0.39, 0.29) is 0 Å². The first kappa shape index (κ1) is 10.3. The van der Waals surface area contributed by atoms with E-state index in [2.05, 4.69) is 12.2 Å². The molecule has 0 radical (unpaired) electrons. The molecule has 1 atom stereocenters. The second-order valence-electron chi connectivity index (χ2n) is 3.39. The molecule has 0 aliphatic carbocycles. The zero-order valence-corrected chi connectivity index (χ0v) is 9.44. The fourth-order valence-electron chi connectivity index (χ4n) is 1.77. The third-order valence-corrected chi connectivity index (χ3v) is 7.20. The van der Waals surface area contributed by atoms with Crippen LogP contribution in [-0.2, 0) is 4.43 Å². The van der Waals surface area contributed by atoms with Crippen LogP contribution in [-0.4, -0.2) is 21.3 Å². The van der Waals surface area contributed by atoms with E-state index in [0.717, 1.165) is 12.3 Å². The first-order chi connectivity index (χ1) is 5.83. The predicted molar refractivity (Wildman–Crippen MR) is 56.3 cm³/mol. The van der Waals surface area contributed by atoms with Gasteiger partial charge in [0, 0.05) is 13.0 Å². The zero-order valence-electron chi connectivity index (χ0n) is 7.68. The van der Waals surface area contributed by atoms with Crippen molar-refractivity contribution < 1.29 is 4.43 Å². The molecule has 0 amide bonds. The molecule has 1 aliphatic heterocycles. The summed E-state index contributed by atoms with van der Waals surface area (Å²) in [6, 6.07) is 3.72. The van der Waals surface area contributed by atoms with E-state index in [4.69, 9.17) is 16.0 Å². The van der Waals surface area contributed by atoms with Crippen molar-refractivity contribution in [2.45, 2.75) is 31.0 Å². The molecule has 0 spiro atoms. The van der Waals surface area contributed by atoms with Crippen molar-refractivity contribution in [2.24, 2.45) is 0 Å². The van der Waals surface area contributed by atoms with Crippen molar-refractivity contribution in [1.82, 2.24) is 0 Å². The van der Waals surface area contributed by atoms with Crippen LogP contribution in [0.15, 0.2) is 12.2 Å². The van der Waals surface area contributed by atoms with E-state index in [1.54, 1.807) is 0 Å². The largest absolute Gasteiger partial charge is 0.420 e. The minimum absolute atomic E-state index is 0.780. The van der Waals surface area contributed by atoms with Crippen LogP contribution in [0.4, 0.5) is 0 Å². The van der Waals surface area contributed by atoms with Crippen molar-refractivity contribution in [3.8, 4) is 0 Å². The van der Waals surface area contributed by atoms with Gasteiger partial charge in [-0.15, -0.1) is 11.6 Å². The van der Waals surface area contributed by atoms with Crippen LogP contribution in [0.25, 0.3) is 0 Å². The smallest absolute Gasteiger partial charge is 0.196 e. The minimum Gasteiger partial charge on any atom is -0.420 e. The Bertz CT molecular complexity index is 161. The summed E-state index contributed by atoms with van der Waals surface area (Å²) < 4.78 is 5.71. The summed E-state index contributed by atoms with van der Waals surface area (Å²) in [5.74, 6) is 0.780. The molecule has 12 heavy (non-hydrogen) atoms. The van der Waals surface area contributed by atoms with Gasteiger partial charge in [-0.2, -0.15) is 0 Å². The number of alkyl halides is 1. The van der Waals surface area contributed by atoms with Gasteiger partial charge in [-0.05, 0) is 31.0 Å². The number of rotatable bonds is 4. The highest BCUT2D eigenvalue weighted by Crippen LogP contribution is 2.29. The summed E-state index contributed by atoms with van der Waals surface area (Å²) in [4.78, 5) is 0. The molecular weight excluding hydrogens is 188 g/mol. The van der Waals surface area contributed by atoms with Crippen molar-refractivity contribution in [3.05, 3.63) is 12.2 Å². The Morgan fingerprint density at radius 3 is 2.83 bits per heavy atom. The average Bonchev–Trinajstić information content (AvgIpc) is 2.16. The van der Waals surface area contributed by atoms with Crippen molar-refractivity contribution >= 4 is 19.9 Å². The Hall–Kier alpha value is 0.207. The van der Waals surface area contributed by atoms with Gasteiger partial charge in [0.15, 0.2) is 8.32 Å². The lowest BCUT2D eigenvalue weighted by Crippen LogP contribution is -2.37. The Morgan fingerprint density at radius 2 is 2.33 bits per heavy atom. The zero-order chi connectivity index (χ0) is 8.86. The van der Waals surface area contributed by atoms with Gasteiger partial charge < -0.3 is 4.43 Å². The summed E-state index contributed by atoms with van der Waals surface area (Å²) in [5, 5.41) is 0. The van der Waals surface area contributed by atoms with E-state index in [1.165, 1.54) is 24.6 Å². The highest BCUT2D eigenvalue weighted by Gasteiger charge is 2.32. The van der Waals surface area contributed by atoms with Crippen LogP contribution in [0, 0.1) is 0 Å². The standard InChI is InChI=1S/C9H17ClOSi/c1-11-12(9-5-6-10)7-3-2-4-8-12/h2-3H,4-9H2,1H3. The summed E-state index contributed by atoms with van der Waals surface area (Å²) in [6.45, 7) is 0. The molecule has 70 valence electrons. The third kappa shape index (κ3) is 2.61. The second kappa shape index (κ2) is 5.05. The molecular formula is C9H17ClOSi. The Kier molecular flexibility index (Phi) is 4.33. The average molecular weight is 205 g/mol. The molecule has 0 saturated carbocycles. The molecule has 0 saturated heterocycles. The molecule has 0 N–H and O–H groups in total. The number of allylic oxidation sites excluding steroid dienone is 2. The van der Waals surface area contributed by atoms with Gasteiger partial charge >= 0.3 is 0 Å². The molecule has 0 aromatic heterocycles. The van der Waals surface area contributed by atoms with Gasteiger partial charge in [-0.1, -0.05) is 12.2 Å². The van der Waals surface area contributed by atoms with E-state index < -0.39 is 8.32 Å². The monoisotopic (exact) mass is 204 g/mol. The van der Waals surface area contributed by atoms with Crippen LogP contribution in [0.3, 0.4) is 0 Å². The van der Waals surface area contributed by atoms with Gasteiger partial charge in [-0.25, -0.2) is 0 Å². The number of hydrogen-bond acceptors (Lipinski definition) is 1. The Morgan fingerprint density at radius 1 is 1.50 bits per heavy atom. The highest BCUT2D eigenvalue weighted by atomic mass is 35.5. The lowest BCUT2D eigenvalue weighted by atomic mass is 10.4. The quantitative estimate of drug-likeness (QED) is 0.389. The summed E-state index contributed by atoms with van der Waals surface area (Å²) in [6.07, 6.45) is 6.89. The molecule has 1 heterocycles. The second-order valence-corrected chi connectivity index (χ2v) is 7.95. The molecule has 1 unspecified atom stereocenters. The predicted octanol–water partition coefficient (Wildman–Crippen LogP) is 3.17. The maximum absolute atomic E-state index is 5.71. The fourth-order valence-corrected chi connectivity index (χ4v) is 5.47. The fraction of sp³-hybridized carbons (Fsp3) is 0.778. The van der Waals surface area contributed by atoms with E-state index >= 15 is 0 Å². The maximum Gasteiger partial charge on any atom is 0.196 e. The molecule has 0 aromatic rings. The van der Waals surface area contributed by atoms with Crippen LogP contribution in [0.2, 0.25) is 18.1 Å². The highest BCUT2D eigenvalue weighted by molar-refractivity contribution is 6.74. The summed E-state index contributed by atoms with van der Waals surface area (Å²) >= 11 is 5.69. The van der Waals surface area contributed by atoms with Crippen molar-refractivity contribution in [2.75, 3.05) is 13.0 Å². The summed E-state index contributed by atoms with van der Waals surface area (Å²) in [7, 11) is 0.526. The molecule has 0 bridgehead atoms. The third-order valence-electron chi connectivity index (χ3n) is 2.62. The van der Waals surface area contributed by atoms with Crippen LogP contribution < -0.4 is 0 Å². The first-order valence-corrected chi connectivity index (χ1v) is 7.65. The maximum atomic E-state index is 5.71. The van der Waals surface area contributed by atoms with Gasteiger partial charge in [0.1, 0.15) is 0 Å². The topological polar surface area (TPSA) is 9.23 Å². The van der Waals surface area contributed by atoms with Crippen LogP contribution in [0.1, 0.15) is 12.8 Å². The molecule has 1 nitrogen and oxygen atoms in total. The lowest BCUT2D eigenvalue weighted by molar-refractivity contribution is 0.390. The van der Waals surface area contributed by atoms with Gasteiger partial charge in [0.25, 0.3) is 0 Å². The van der Waals surface area contributed by atoms with Gasteiger partial charge in [-0.3, -0.25) is 0 Å². The lowest BCUT2D eigenvalue weighted by Gasteiger charge is -2.30. The van der Waals surface area contributed by atoms with E-state index in [1.807, 2.05) is 7.11 Å². The molecule has 0 aromatic carbocycles. The van der Waals surface area contributed by atoms with E-state index in [0.29, 0.717) is 0 Å². The van der Waals surface area contributed by atoms with Crippen molar-refractivity contribution in [3.63, 3.8) is 0 Å². The molecule has 1 rings (SSSR count). The SMILES string of the molecule is CO[Si]1(CCCCl)CC=CCC1.